The van der Waals surface area contributed by atoms with Crippen LogP contribution in [0.1, 0.15) is 48.8 Å². The van der Waals surface area contributed by atoms with E-state index in [1.807, 2.05) is 12.1 Å². The second-order valence-corrected chi connectivity index (χ2v) is 6.93. The van der Waals surface area contributed by atoms with Crippen LogP contribution in [0.25, 0.3) is 6.08 Å². The molecule has 0 saturated carbocycles. The van der Waals surface area contributed by atoms with E-state index in [1.54, 1.807) is 18.2 Å². The van der Waals surface area contributed by atoms with E-state index >= 15 is 0 Å². The molecule has 0 spiro atoms. The van der Waals surface area contributed by atoms with Crippen LogP contribution in [0, 0.1) is 0 Å². The van der Waals surface area contributed by atoms with Crippen LogP contribution in [0.4, 0.5) is 13.2 Å². The number of halogens is 3. The van der Waals surface area contributed by atoms with Crippen LogP contribution in [0.2, 0.25) is 0 Å². The predicted molar refractivity (Wildman–Crippen MR) is 96.6 cm³/mol. The zero-order valence-electron chi connectivity index (χ0n) is 14.3. The van der Waals surface area contributed by atoms with Crippen molar-refractivity contribution in [2.24, 2.45) is 0 Å². The van der Waals surface area contributed by atoms with Crippen molar-refractivity contribution < 1.29 is 13.2 Å². The summed E-state index contributed by atoms with van der Waals surface area (Å²) in [6, 6.07) is 13.8. The summed E-state index contributed by atoms with van der Waals surface area (Å²) in [5, 5.41) is -0.208. The molecule has 0 amide bonds. The second kappa shape index (κ2) is 6.88. The van der Waals surface area contributed by atoms with Gasteiger partial charge in [-0.2, -0.15) is 13.2 Å². The first kappa shape index (κ1) is 18.4. The Labute approximate surface area is 142 Å². The van der Waals surface area contributed by atoms with Gasteiger partial charge < -0.3 is 0 Å². The smallest absolute Gasteiger partial charge is 0.166 e. The molecule has 0 aliphatic heterocycles. The molecule has 0 bridgehead atoms. The molecule has 24 heavy (non-hydrogen) atoms. The Kier molecular flexibility index (Phi) is 5.27. The lowest BCUT2D eigenvalue weighted by atomic mass is 9.44. The molecule has 1 atom stereocenters. The first-order valence-electron chi connectivity index (χ1n) is 8.03. The molecule has 0 radical (unpaired) electrons. The van der Waals surface area contributed by atoms with Crippen LogP contribution in [-0.4, -0.2) is 7.28 Å². The van der Waals surface area contributed by atoms with E-state index < -0.39 is 11.7 Å². The van der Waals surface area contributed by atoms with Gasteiger partial charge in [0.15, 0.2) is 0 Å². The van der Waals surface area contributed by atoms with Crippen molar-refractivity contribution in [1.82, 2.24) is 0 Å². The van der Waals surface area contributed by atoms with Gasteiger partial charge in [0.25, 0.3) is 0 Å². The van der Waals surface area contributed by atoms with E-state index in [2.05, 4.69) is 39.5 Å². The fraction of sp³-hybridized carbons (Fsp3) is 0.300. The van der Waals surface area contributed by atoms with Gasteiger partial charge in [0.1, 0.15) is 7.28 Å². The molecule has 0 N–H and O–H groups in total. The van der Waals surface area contributed by atoms with Crippen LogP contribution >= 0.6 is 0 Å². The zero-order chi connectivity index (χ0) is 18.0. The summed E-state index contributed by atoms with van der Waals surface area (Å²) in [5.41, 5.74) is 2.62. The highest BCUT2D eigenvalue weighted by Gasteiger charge is 2.31. The Morgan fingerprint density at radius 3 is 1.88 bits per heavy atom. The van der Waals surface area contributed by atoms with E-state index in [-0.39, 0.29) is 5.31 Å². The first-order valence-corrected chi connectivity index (χ1v) is 8.03. The minimum atomic E-state index is -4.29. The average molecular weight is 330 g/mol. The van der Waals surface area contributed by atoms with Gasteiger partial charge in [0, 0.05) is 0 Å². The summed E-state index contributed by atoms with van der Waals surface area (Å²) < 4.78 is 38.1. The molecule has 126 valence electrons. The Morgan fingerprint density at radius 2 is 1.42 bits per heavy atom. The van der Waals surface area contributed by atoms with Gasteiger partial charge in [-0.15, -0.1) is 0 Å². The summed E-state index contributed by atoms with van der Waals surface area (Å²) in [7, 11) is 0.853. The van der Waals surface area contributed by atoms with Crippen molar-refractivity contribution in [3.8, 4) is 0 Å². The topological polar surface area (TPSA) is 0 Å². The molecule has 0 aromatic heterocycles. The third kappa shape index (κ3) is 4.31. The van der Waals surface area contributed by atoms with Gasteiger partial charge in [0.2, 0.25) is 0 Å². The highest BCUT2D eigenvalue weighted by Crippen LogP contribution is 2.32. The van der Waals surface area contributed by atoms with Crippen LogP contribution < -0.4 is 0 Å². The summed E-state index contributed by atoms with van der Waals surface area (Å²) >= 11 is 0. The second-order valence-electron chi connectivity index (χ2n) is 6.93. The molecular weight excluding hydrogens is 308 g/mol. The minimum absolute atomic E-state index is 0.208. The molecule has 0 aliphatic carbocycles. The molecule has 0 aliphatic rings. The van der Waals surface area contributed by atoms with E-state index in [0.29, 0.717) is 5.82 Å². The summed E-state index contributed by atoms with van der Waals surface area (Å²) in [6.45, 7) is 10.0. The Hall–Kier alpha value is -1.97. The van der Waals surface area contributed by atoms with Gasteiger partial charge in [-0.05, 0) is 34.4 Å². The summed E-state index contributed by atoms with van der Waals surface area (Å²) in [6.07, 6.45) is -2.48. The average Bonchev–Trinajstić information content (AvgIpc) is 2.54. The van der Waals surface area contributed by atoms with Crippen molar-refractivity contribution in [1.29, 1.82) is 0 Å². The number of hydrogen-bond acceptors (Lipinski definition) is 0. The fourth-order valence-electron chi connectivity index (χ4n) is 3.07. The molecule has 2 rings (SSSR count). The van der Waals surface area contributed by atoms with E-state index in [1.165, 1.54) is 17.7 Å². The molecule has 4 heteroatoms. The molecule has 0 nitrogen and oxygen atoms in total. The number of hydrogen-bond donors (Lipinski definition) is 0. The molecule has 2 aromatic rings. The summed E-state index contributed by atoms with van der Waals surface area (Å²) in [5.74, 6) is 0.307. The van der Waals surface area contributed by atoms with Crippen molar-refractivity contribution in [2.45, 2.75) is 38.1 Å². The maximum atomic E-state index is 12.7. The Balaban J connectivity index is 2.15. The lowest BCUT2D eigenvalue weighted by Crippen LogP contribution is -2.29. The normalized spacial score (nSPS) is 13.4. The van der Waals surface area contributed by atoms with E-state index in [0.717, 1.165) is 18.4 Å². The number of rotatable bonds is 5. The van der Waals surface area contributed by atoms with E-state index in [9.17, 15) is 13.2 Å². The van der Waals surface area contributed by atoms with Gasteiger partial charge >= 0.3 is 6.18 Å². The van der Waals surface area contributed by atoms with Crippen LogP contribution in [-0.2, 0) is 11.5 Å². The third-order valence-corrected chi connectivity index (χ3v) is 4.55. The number of alkyl halides is 3. The maximum absolute atomic E-state index is 12.7. The van der Waals surface area contributed by atoms with Crippen molar-refractivity contribution in [2.75, 3.05) is 0 Å². The standard InChI is InChI=1S/C20H22BF3/c1-5-15-6-8-16(9-7-15)14(2)21-19(3,4)17-10-12-18(13-11-17)20(22,23)24/h5-14,21H,1H2,2-4H3. The quantitative estimate of drug-likeness (QED) is 0.610. The summed E-state index contributed by atoms with van der Waals surface area (Å²) in [4.78, 5) is 0. The van der Waals surface area contributed by atoms with Gasteiger partial charge in [-0.3, -0.25) is 0 Å². The molecule has 2 aromatic carbocycles. The lowest BCUT2D eigenvalue weighted by molar-refractivity contribution is -0.137. The van der Waals surface area contributed by atoms with Crippen molar-refractivity contribution >= 4 is 13.4 Å². The van der Waals surface area contributed by atoms with Gasteiger partial charge in [-0.1, -0.05) is 75.4 Å². The molecule has 0 heterocycles. The molecule has 1 unspecified atom stereocenters. The Morgan fingerprint density at radius 1 is 0.917 bits per heavy atom. The number of benzene rings is 2. The highest BCUT2D eigenvalue weighted by molar-refractivity contribution is 6.42. The lowest BCUT2D eigenvalue weighted by Gasteiger charge is -2.28. The predicted octanol–water partition coefficient (Wildman–Crippen LogP) is 5.78. The fourth-order valence-corrected chi connectivity index (χ4v) is 3.07. The van der Waals surface area contributed by atoms with E-state index in [4.69, 9.17) is 0 Å². The molecule has 0 saturated heterocycles. The monoisotopic (exact) mass is 330 g/mol. The third-order valence-electron chi connectivity index (χ3n) is 4.55. The molecular formula is C20H22BF3. The Bertz CT molecular complexity index is 682. The highest BCUT2D eigenvalue weighted by atomic mass is 19.4. The van der Waals surface area contributed by atoms with Crippen molar-refractivity contribution in [3.05, 3.63) is 77.4 Å². The van der Waals surface area contributed by atoms with Crippen LogP contribution in [0.15, 0.2) is 55.1 Å². The van der Waals surface area contributed by atoms with Crippen molar-refractivity contribution in [3.63, 3.8) is 0 Å². The van der Waals surface area contributed by atoms with Gasteiger partial charge in [-0.25, -0.2) is 0 Å². The van der Waals surface area contributed by atoms with Crippen LogP contribution in [0.5, 0.6) is 0 Å². The minimum Gasteiger partial charge on any atom is -0.166 e. The first-order chi connectivity index (χ1) is 11.1. The zero-order valence-corrected chi connectivity index (χ0v) is 14.3. The SMILES string of the molecule is C=Cc1ccc(C(C)BC(C)(C)c2ccc(C(F)(F)F)cc2)cc1. The maximum Gasteiger partial charge on any atom is 0.416 e. The van der Waals surface area contributed by atoms with Gasteiger partial charge in [0.05, 0.1) is 5.56 Å². The van der Waals surface area contributed by atoms with Crippen LogP contribution in [0.3, 0.4) is 0 Å². The largest absolute Gasteiger partial charge is 0.416 e. The molecule has 0 fully saturated rings.